The number of pyridine rings is 1. The van der Waals surface area contributed by atoms with E-state index in [-0.39, 0.29) is 5.92 Å². The number of hydrogen-bond acceptors (Lipinski definition) is 3. The molecule has 0 bridgehead atoms. The molecule has 0 saturated carbocycles. The summed E-state index contributed by atoms with van der Waals surface area (Å²) in [7, 11) is 0. The molecule has 1 atom stereocenters. The molecule has 0 radical (unpaired) electrons. The van der Waals surface area contributed by atoms with Crippen LogP contribution < -0.4 is 0 Å². The summed E-state index contributed by atoms with van der Waals surface area (Å²) in [5, 5.41) is 5.00. The molecule has 1 unspecified atom stereocenters. The summed E-state index contributed by atoms with van der Waals surface area (Å²) in [6.07, 6.45) is 10.7. The van der Waals surface area contributed by atoms with Crippen molar-refractivity contribution in [1.82, 2.24) is 15.0 Å². The molecule has 0 saturated heterocycles. The molecule has 0 aliphatic rings. The molecule has 2 heterocycles. The fourth-order valence-corrected chi connectivity index (χ4v) is 6.68. The third kappa shape index (κ3) is 6.37. The molecule has 0 aliphatic heterocycles. The van der Waals surface area contributed by atoms with Crippen molar-refractivity contribution in [3.05, 3.63) is 194 Å². The maximum atomic E-state index is 5.17. The van der Waals surface area contributed by atoms with Crippen molar-refractivity contribution in [2.75, 3.05) is 0 Å². The van der Waals surface area contributed by atoms with Crippen molar-refractivity contribution in [3.8, 4) is 44.9 Å². The van der Waals surface area contributed by atoms with Gasteiger partial charge in [-0.1, -0.05) is 146 Å². The minimum atomic E-state index is 0.00367. The van der Waals surface area contributed by atoms with Gasteiger partial charge in [-0.3, -0.25) is 4.98 Å². The Balaban J connectivity index is 1.20. The summed E-state index contributed by atoms with van der Waals surface area (Å²) in [5.41, 5.74) is 9.59. The summed E-state index contributed by atoms with van der Waals surface area (Å²) in [4.78, 5) is 14.6. The van der Waals surface area contributed by atoms with Crippen LogP contribution in [-0.2, 0) is 0 Å². The summed E-state index contributed by atoms with van der Waals surface area (Å²) >= 11 is 0. The van der Waals surface area contributed by atoms with Crippen molar-refractivity contribution >= 4 is 27.6 Å². The molecule has 0 N–H and O–H groups in total. The van der Waals surface area contributed by atoms with E-state index in [4.69, 9.17) is 9.97 Å². The number of benzene rings is 6. The fourth-order valence-electron chi connectivity index (χ4n) is 6.68. The van der Waals surface area contributed by atoms with E-state index in [9.17, 15) is 0 Å². The van der Waals surface area contributed by atoms with Crippen molar-refractivity contribution in [1.29, 1.82) is 0 Å². The Morgan fingerprint density at radius 2 is 1.28 bits per heavy atom. The van der Waals surface area contributed by atoms with E-state index in [0.717, 1.165) is 45.6 Å². The molecule has 0 aliphatic carbocycles. The Kier molecular flexibility index (Phi) is 8.61. The molecule has 0 spiro atoms. The average Bonchev–Trinajstić information content (AvgIpc) is 3.20. The number of nitrogens with zero attached hydrogens (tertiary/aromatic N) is 3. The third-order valence-electron chi connectivity index (χ3n) is 9.28. The van der Waals surface area contributed by atoms with Gasteiger partial charge in [0.25, 0.3) is 0 Å². The molecular formula is C47H35N3. The van der Waals surface area contributed by atoms with Crippen molar-refractivity contribution in [2.24, 2.45) is 0 Å². The number of rotatable bonds is 9. The zero-order chi connectivity index (χ0) is 33.7. The molecule has 8 aromatic rings. The second kappa shape index (κ2) is 14.0. The van der Waals surface area contributed by atoms with Gasteiger partial charge in [-0.2, -0.15) is 0 Å². The lowest BCUT2D eigenvalue weighted by molar-refractivity contribution is 0.823. The van der Waals surface area contributed by atoms with E-state index in [1.165, 1.54) is 32.7 Å². The molecule has 0 fully saturated rings. The van der Waals surface area contributed by atoms with E-state index in [1.807, 2.05) is 24.4 Å². The van der Waals surface area contributed by atoms with E-state index in [0.29, 0.717) is 5.82 Å². The van der Waals surface area contributed by atoms with Gasteiger partial charge in [0.2, 0.25) is 0 Å². The second-order valence-electron chi connectivity index (χ2n) is 12.5. The first kappa shape index (κ1) is 30.9. The monoisotopic (exact) mass is 641 g/mol. The Hall–Kier alpha value is -6.45. The molecule has 238 valence electrons. The van der Waals surface area contributed by atoms with Gasteiger partial charge >= 0.3 is 0 Å². The van der Waals surface area contributed by atoms with Crippen molar-refractivity contribution < 1.29 is 0 Å². The molecule has 3 heteroatoms. The summed E-state index contributed by atoms with van der Waals surface area (Å²) < 4.78 is 0. The molecule has 0 amide bonds. The zero-order valence-electron chi connectivity index (χ0n) is 27.7. The van der Waals surface area contributed by atoms with Crippen LogP contribution in [0.1, 0.15) is 23.6 Å². The highest BCUT2D eigenvalue weighted by Crippen LogP contribution is 2.36. The quantitative estimate of drug-likeness (QED) is 0.116. The van der Waals surface area contributed by atoms with Crippen LogP contribution in [0.5, 0.6) is 0 Å². The fraction of sp³-hybridized carbons (Fsp3) is 0.0426. The Morgan fingerprint density at radius 3 is 2.08 bits per heavy atom. The largest absolute Gasteiger partial charge is 0.264 e. The van der Waals surface area contributed by atoms with Crippen LogP contribution in [0.4, 0.5) is 0 Å². The van der Waals surface area contributed by atoms with Gasteiger partial charge in [0.15, 0.2) is 5.82 Å². The first-order chi connectivity index (χ1) is 24.7. The highest BCUT2D eigenvalue weighted by Gasteiger charge is 2.16. The average molecular weight is 642 g/mol. The smallest absolute Gasteiger partial charge is 0.160 e. The molecule has 3 nitrogen and oxygen atoms in total. The van der Waals surface area contributed by atoms with Gasteiger partial charge in [0.1, 0.15) is 0 Å². The van der Waals surface area contributed by atoms with Gasteiger partial charge in [0, 0.05) is 29.4 Å². The number of fused-ring (bicyclic) bond motifs is 3. The lowest BCUT2D eigenvalue weighted by Crippen LogP contribution is -2.03. The number of hydrogen-bond donors (Lipinski definition) is 0. The van der Waals surface area contributed by atoms with Crippen LogP contribution in [0.2, 0.25) is 0 Å². The van der Waals surface area contributed by atoms with Gasteiger partial charge in [-0.05, 0) is 80.0 Å². The summed E-state index contributed by atoms with van der Waals surface area (Å²) in [6.45, 7) is 4.21. The van der Waals surface area contributed by atoms with E-state index in [1.54, 1.807) is 6.20 Å². The highest BCUT2D eigenvalue weighted by molar-refractivity contribution is 6.13. The highest BCUT2D eigenvalue weighted by atomic mass is 14.9. The maximum absolute atomic E-state index is 5.17. The number of aromatic nitrogens is 3. The molecule has 50 heavy (non-hydrogen) atoms. The first-order valence-corrected chi connectivity index (χ1v) is 17.0. The second-order valence-corrected chi connectivity index (χ2v) is 12.5. The summed E-state index contributed by atoms with van der Waals surface area (Å²) in [6, 6.07) is 53.4. The Bertz CT molecular complexity index is 2460. The Labute approximate surface area is 293 Å². The topological polar surface area (TPSA) is 38.7 Å². The van der Waals surface area contributed by atoms with Gasteiger partial charge in [-0.25, -0.2) is 9.97 Å². The van der Waals surface area contributed by atoms with E-state index < -0.39 is 0 Å². The maximum Gasteiger partial charge on any atom is 0.160 e. The van der Waals surface area contributed by atoms with Crippen LogP contribution in [0, 0.1) is 0 Å². The van der Waals surface area contributed by atoms with Crippen molar-refractivity contribution in [3.63, 3.8) is 0 Å². The lowest BCUT2D eigenvalue weighted by atomic mass is 9.93. The van der Waals surface area contributed by atoms with E-state index in [2.05, 4.69) is 163 Å². The first-order valence-electron chi connectivity index (χ1n) is 17.0. The van der Waals surface area contributed by atoms with Gasteiger partial charge in [-0.15, -0.1) is 6.58 Å². The zero-order valence-corrected chi connectivity index (χ0v) is 27.7. The molecule has 2 aromatic heterocycles. The predicted octanol–water partition coefficient (Wildman–Crippen LogP) is 12.2. The minimum absolute atomic E-state index is 0.00367. The predicted molar refractivity (Wildman–Crippen MR) is 210 cm³/mol. The minimum Gasteiger partial charge on any atom is -0.264 e. The lowest BCUT2D eigenvalue weighted by Gasteiger charge is -2.15. The number of allylic oxidation sites excluding steroid dienone is 2. The molecule has 6 aromatic carbocycles. The standard InChI is InChI=1S/C47H35N3/c1-2-34(18-10-13-33-14-12-28-48-32-33)45-31-46(40-20-11-19-38(29-40)35-15-4-3-5-16-35)50-47(49-45)37-26-24-36(25-27-37)44-30-39-17-6-7-21-41(39)42-22-8-9-23-43(42)44/h2-17,19-32,34H,1,18H2/b13-10+. The van der Waals surface area contributed by atoms with Crippen LogP contribution in [0.25, 0.3) is 72.5 Å². The molecule has 8 rings (SSSR count). The third-order valence-corrected chi connectivity index (χ3v) is 9.28. The van der Waals surface area contributed by atoms with Crippen LogP contribution >= 0.6 is 0 Å². The van der Waals surface area contributed by atoms with Crippen LogP contribution in [0.3, 0.4) is 0 Å². The normalized spacial score (nSPS) is 12.0. The van der Waals surface area contributed by atoms with Crippen molar-refractivity contribution in [2.45, 2.75) is 12.3 Å². The Morgan fingerprint density at radius 1 is 0.560 bits per heavy atom. The van der Waals surface area contributed by atoms with Gasteiger partial charge < -0.3 is 0 Å². The van der Waals surface area contributed by atoms with Crippen LogP contribution in [0.15, 0.2) is 183 Å². The SMILES string of the molecule is C=CC(C/C=C/c1cccnc1)c1cc(-c2cccc(-c3ccccc3)c2)nc(-c2ccc(-c3cc4ccccc4c4ccccc34)cc2)n1. The van der Waals surface area contributed by atoms with Gasteiger partial charge in [0.05, 0.1) is 11.4 Å². The van der Waals surface area contributed by atoms with Crippen LogP contribution in [-0.4, -0.2) is 15.0 Å². The summed E-state index contributed by atoms with van der Waals surface area (Å²) in [5.74, 6) is 0.699. The molecular weight excluding hydrogens is 607 g/mol. The van der Waals surface area contributed by atoms with E-state index >= 15 is 0 Å².